The number of halogens is 4. The topological polar surface area (TPSA) is 93.1 Å². The maximum Gasteiger partial charge on any atom is 0.416 e. The number of carbonyl (C=O) groups excluding carboxylic acids is 3. The minimum Gasteiger partial charge on any atom is -0.464 e. The van der Waals surface area contributed by atoms with E-state index in [-0.39, 0.29) is 74.2 Å². The minimum absolute atomic E-state index is 0.000509. The van der Waals surface area contributed by atoms with Crippen LogP contribution in [0, 0.1) is 56.1 Å². The molecule has 4 fully saturated rings. The molecular weight excluding hydrogens is 835 g/mol. The molecule has 0 bridgehead atoms. The Labute approximate surface area is 381 Å². The lowest BCUT2D eigenvalue weighted by atomic mass is 9.33. The van der Waals surface area contributed by atoms with Gasteiger partial charge in [0, 0.05) is 11.3 Å². The maximum absolute atomic E-state index is 14.9. The number of nitrogens with zero attached hydrogens (tertiary/aromatic N) is 1. The third kappa shape index (κ3) is 7.73. The summed E-state index contributed by atoms with van der Waals surface area (Å²) in [6, 6.07) is 13.3. The number of anilines is 1. The quantitative estimate of drug-likeness (QED) is 0.105. The van der Waals surface area contributed by atoms with Crippen LogP contribution in [0.4, 0.5) is 23.2 Å². The van der Waals surface area contributed by atoms with E-state index in [2.05, 4.69) is 54.5 Å². The molecule has 1 amide bonds. The molecule has 5 aliphatic rings. The van der Waals surface area contributed by atoms with Crippen LogP contribution in [0.2, 0.25) is 0 Å². The van der Waals surface area contributed by atoms with Gasteiger partial charge in [-0.15, -0.1) is 0 Å². The number of ether oxygens (including phenoxy) is 2. The molecule has 8 rings (SSSR count). The van der Waals surface area contributed by atoms with Crippen molar-refractivity contribution in [1.82, 2.24) is 0 Å². The lowest BCUT2D eigenvalue weighted by Gasteiger charge is -2.71. The number of carbonyl (C=O) groups is 3. The first kappa shape index (κ1) is 47.0. The van der Waals surface area contributed by atoms with E-state index in [9.17, 15) is 37.1 Å². The van der Waals surface area contributed by atoms with E-state index in [4.69, 9.17) is 9.47 Å². The summed E-state index contributed by atoms with van der Waals surface area (Å²) in [7, 11) is 0. The van der Waals surface area contributed by atoms with Gasteiger partial charge in [0.1, 0.15) is 11.6 Å². The zero-order chi connectivity index (χ0) is 47.1. The van der Waals surface area contributed by atoms with Crippen LogP contribution >= 0.6 is 0 Å². The van der Waals surface area contributed by atoms with Gasteiger partial charge in [-0.1, -0.05) is 72.2 Å². The Kier molecular flexibility index (Phi) is 11.8. The van der Waals surface area contributed by atoms with Crippen molar-refractivity contribution in [2.45, 2.75) is 138 Å². The number of esters is 2. The number of amides is 1. The summed E-state index contributed by atoms with van der Waals surface area (Å²) in [5.74, 6) is -1.30. The molecule has 1 unspecified atom stereocenters. The third-order valence-electron chi connectivity index (χ3n) is 18.0. The van der Waals surface area contributed by atoms with Crippen LogP contribution in [0.25, 0.3) is 0 Å². The number of allylic oxidation sites excluding steroid dienone is 2. The Morgan fingerprint density at radius 3 is 2.08 bits per heavy atom. The molecule has 11 heteroatoms. The average Bonchev–Trinajstić information content (AvgIpc) is 3.24. The zero-order valence-corrected chi connectivity index (χ0v) is 39.1. The summed E-state index contributed by atoms with van der Waals surface area (Å²) in [5.41, 5.74) is -0.0809. The molecule has 3 aromatic carbocycles. The standard InChI is InChI=1S/C54H65F4NO6/c1-9-64-46(62)44(33-10-14-35(15-11-33)54(56,57)58)59(37-18-16-36(55)17-19-37)45(61)34-12-20-38(21-13-34)65-47(63)53-30-28-48(2,3)32-40(53)39-22-23-42-50(6)26-25-43(60)49(4,5)41(50)24-27-52(42,8)51(39,7)29-31-53/h10-22,40-44,60H,9,23-32H2,1-8H3/t40-,41-,42+,43-,44?,50-,51+,52+,53-/m0/s1. The molecule has 7 nitrogen and oxygen atoms in total. The Hall–Kier alpha value is -4.51. The molecular formula is C54H65F4NO6. The van der Waals surface area contributed by atoms with E-state index in [1.807, 2.05) is 0 Å². The van der Waals surface area contributed by atoms with Crippen molar-refractivity contribution in [1.29, 1.82) is 0 Å². The highest BCUT2D eigenvalue weighted by Crippen LogP contribution is 2.76. The van der Waals surface area contributed by atoms with E-state index in [0.717, 1.165) is 92.7 Å². The lowest BCUT2D eigenvalue weighted by Crippen LogP contribution is -2.65. The molecule has 3 aromatic rings. The van der Waals surface area contributed by atoms with Crippen molar-refractivity contribution < 1.29 is 46.5 Å². The first-order chi connectivity index (χ1) is 30.4. The molecule has 0 radical (unpaired) electrons. The lowest BCUT2D eigenvalue weighted by molar-refractivity contribution is -0.205. The molecule has 9 atom stereocenters. The number of aliphatic hydroxyl groups excluding tert-OH is 1. The largest absolute Gasteiger partial charge is 0.464 e. The number of benzene rings is 3. The second-order valence-corrected chi connectivity index (χ2v) is 22.1. The molecule has 4 saturated carbocycles. The van der Waals surface area contributed by atoms with Gasteiger partial charge in [0.2, 0.25) is 0 Å². The molecule has 350 valence electrons. The number of fused-ring (bicyclic) bond motifs is 7. The molecule has 5 aliphatic carbocycles. The normalized spacial score (nSPS) is 32.8. The first-order valence-electron chi connectivity index (χ1n) is 23.6. The maximum atomic E-state index is 14.9. The van der Waals surface area contributed by atoms with Gasteiger partial charge >= 0.3 is 18.1 Å². The van der Waals surface area contributed by atoms with Crippen LogP contribution in [0.1, 0.15) is 147 Å². The van der Waals surface area contributed by atoms with Crippen molar-refractivity contribution in [3.63, 3.8) is 0 Å². The summed E-state index contributed by atoms with van der Waals surface area (Å²) >= 11 is 0. The van der Waals surface area contributed by atoms with Crippen molar-refractivity contribution >= 4 is 23.5 Å². The summed E-state index contributed by atoms with van der Waals surface area (Å²) in [6.45, 7) is 18.2. The molecule has 0 heterocycles. The number of aliphatic hydroxyl groups is 1. The van der Waals surface area contributed by atoms with Crippen molar-refractivity contribution in [3.05, 3.63) is 107 Å². The van der Waals surface area contributed by atoms with Gasteiger partial charge in [-0.05, 0) is 182 Å². The number of hydrogen-bond acceptors (Lipinski definition) is 6. The van der Waals surface area contributed by atoms with E-state index >= 15 is 0 Å². The Balaban J connectivity index is 1.09. The highest BCUT2D eigenvalue weighted by atomic mass is 19.4. The predicted octanol–water partition coefficient (Wildman–Crippen LogP) is 12.9. The third-order valence-corrected chi connectivity index (χ3v) is 18.0. The molecule has 0 aliphatic heterocycles. The highest BCUT2D eigenvalue weighted by Gasteiger charge is 2.69. The molecule has 0 aromatic heterocycles. The van der Waals surface area contributed by atoms with Gasteiger partial charge in [0.05, 0.1) is 23.7 Å². The van der Waals surface area contributed by atoms with Crippen LogP contribution in [0.5, 0.6) is 5.75 Å². The average molecular weight is 900 g/mol. The van der Waals surface area contributed by atoms with Crippen LogP contribution in [0.3, 0.4) is 0 Å². The summed E-state index contributed by atoms with van der Waals surface area (Å²) in [6.07, 6.45) is 6.60. The van der Waals surface area contributed by atoms with E-state index in [0.29, 0.717) is 24.7 Å². The van der Waals surface area contributed by atoms with Crippen LogP contribution in [-0.4, -0.2) is 35.7 Å². The molecule has 0 saturated heterocycles. The SMILES string of the molecule is CCOC(=O)C(c1ccc(C(F)(F)F)cc1)N(C(=O)c1ccc(OC(=O)[C@]23CCC(C)(C)C[C@H]2C2=CC[C@@H]4[C@@]5(C)CC[C@H](O)C(C)(C)[C@@H]5CC[C@@]4(C)[C@]2(C)CC3)cc1)c1ccc(F)cc1. The zero-order valence-electron chi connectivity index (χ0n) is 39.1. The summed E-state index contributed by atoms with van der Waals surface area (Å²) in [4.78, 5) is 44.2. The van der Waals surface area contributed by atoms with Crippen molar-refractivity contribution in [2.24, 2.45) is 50.2 Å². The Morgan fingerprint density at radius 2 is 1.45 bits per heavy atom. The fraction of sp³-hybridized carbons (Fsp3) is 0.574. The summed E-state index contributed by atoms with van der Waals surface area (Å²) < 4.78 is 66.5. The van der Waals surface area contributed by atoms with Crippen molar-refractivity contribution in [3.8, 4) is 5.75 Å². The number of rotatable bonds is 8. The van der Waals surface area contributed by atoms with Crippen LogP contribution in [-0.2, 0) is 20.5 Å². The van der Waals surface area contributed by atoms with E-state index in [1.165, 1.54) is 29.8 Å². The van der Waals surface area contributed by atoms with Gasteiger partial charge in [-0.2, -0.15) is 13.2 Å². The second-order valence-electron chi connectivity index (χ2n) is 22.1. The second kappa shape index (κ2) is 16.4. The fourth-order valence-electron chi connectivity index (χ4n) is 14.1. The van der Waals surface area contributed by atoms with Gasteiger partial charge < -0.3 is 14.6 Å². The molecule has 0 spiro atoms. The minimum atomic E-state index is -4.63. The van der Waals surface area contributed by atoms with E-state index in [1.54, 1.807) is 19.1 Å². The molecule has 1 N–H and O–H groups in total. The van der Waals surface area contributed by atoms with Crippen LogP contribution in [0.15, 0.2) is 84.4 Å². The predicted molar refractivity (Wildman–Crippen MR) is 241 cm³/mol. The highest BCUT2D eigenvalue weighted by molar-refractivity contribution is 6.09. The van der Waals surface area contributed by atoms with E-state index < -0.39 is 40.9 Å². The summed E-state index contributed by atoms with van der Waals surface area (Å²) in [5, 5.41) is 11.2. The van der Waals surface area contributed by atoms with Gasteiger partial charge in [0.25, 0.3) is 5.91 Å². The van der Waals surface area contributed by atoms with Gasteiger partial charge in [-0.25, -0.2) is 9.18 Å². The smallest absolute Gasteiger partial charge is 0.416 e. The molecule has 65 heavy (non-hydrogen) atoms. The fourth-order valence-corrected chi connectivity index (χ4v) is 14.1. The monoisotopic (exact) mass is 899 g/mol. The first-order valence-corrected chi connectivity index (χ1v) is 23.6. The Morgan fingerprint density at radius 1 is 0.800 bits per heavy atom. The van der Waals surface area contributed by atoms with Gasteiger partial charge in [-0.3, -0.25) is 14.5 Å². The number of alkyl halides is 3. The van der Waals surface area contributed by atoms with Crippen molar-refractivity contribution in [2.75, 3.05) is 11.5 Å². The number of hydrogen-bond donors (Lipinski definition) is 1. The van der Waals surface area contributed by atoms with Gasteiger partial charge in [0.15, 0.2) is 6.04 Å². The Bertz CT molecular complexity index is 2340. The van der Waals surface area contributed by atoms with Crippen LogP contribution < -0.4 is 9.64 Å².